The lowest BCUT2D eigenvalue weighted by Crippen LogP contribution is -2.58. The van der Waals surface area contributed by atoms with Gasteiger partial charge in [-0.1, -0.05) is 18.2 Å². The molecule has 0 radical (unpaired) electrons. The van der Waals surface area contributed by atoms with Gasteiger partial charge in [-0.2, -0.15) is 0 Å². The van der Waals surface area contributed by atoms with Gasteiger partial charge >= 0.3 is 6.03 Å². The van der Waals surface area contributed by atoms with Gasteiger partial charge in [0.15, 0.2) is 18.1 Å². The van der Waals surface area contributed by atoms with E-state index in [9.17, 15) is 24.0 Å². The number of carbonyl (C=O) groups is 5. The lowest BCUT2D eigenvalue weighted by Gasteiger charge is -2.39. The smallest absolute Gasteiger partial charge is 0.329 e. The van der Waals surface area contributed by atoms with Crippen molar-refractivity contribution in [3.05, 3.63) is 83.4 Å². The monoisotopic (exact) mass is 641 g/mol. The molecule has 3 aromatic rings. The van der Waals surface area contributed by atoms with Gasteiger partial charge in [-0.05, 0) is 66.1 Å². The van der Waals surface area contributed by atoms with Crippen LogP contribution < -0.4 is 35.1 Å². The molecule has 3 N–H and O–H groups in total. The summed E-state index contributed by atoms with van der Waals surface area (Å²) in [6.07, 6.45) is 0.815. The summed E-state index contributed by atoms with van der Waals surface area (Å²) in [4.78, 5) is 65.8. The molecule has 0 aromatic heterocycles. The Morgan fingerprint density at radius 3 is 2.38 bits per heavy atom. The molecule has 47 heavy (non-hydrogen) atoms. The van der Waals surface area contributed by atoms with Crippen molar-refractivity contribution in [2.75, 3.05) is 38.3 Å². The fourth-order valence-corrected chi connectivity index (χ4v) is 5.80. The number of amides is 6. The van der Waals surface area contributed by atoms with Crippen molar-refractivity contribution >= 4 is 35.3 Å². The summed E-state index contributed by atoms with van der Waals surface area (Å²) in [5.41, 5.74) is 2.71. The number of methoxy groups -OCH3 is 1. The first-order valence-corrected chi connectivity index (χ1v) is 15.4. The van der Waals surface area contributed by atoms with E-state index in [-0.39, 0.29) is 37.4 Å². The van der Waals surface area contributed by atoms with Gasteiger partial charge < -0.3 is 29.7 Å². The van der Waals surface area contributed by atoms with E-state index in [0.29, 0.717) is 60.9 Å². The maximum atomic E-state index is 13.6. The molecule has 2 saturated heterocycles. The van der Waals surface area contributed by atoms with Crippen molar-refractivity contribution in [2.24, 2.45) is 0 Å². The van der Waals surface area contributed by atoms with E-state index >= 15 is 0 Å². The minimum atomic E-state index is -0.559. The molecule has 244 valence electrons. The molecule has 13 nitrogen and oxygen atoms in total. The van der Waals surface area contributed by atoms with Crippen LogP contribution in [0.25, 0.3) is 0 Å². The van der Waals surface area contributed by atoms with Crippen LogP contribution in [0.1, 0.15) is 34.3 Å². The number of nitrogens with one attached hydrogen (secondary N) is 3. The van der Waals surface area contributed by atoms with Gasteiger partial charge in [0.25, 0.3) is 11.8 Å². The number of piperidine rings is 1. The van der Waals surface area contributed by atoms with Crippen molar-refractivity contribution in [2.45, 2.75) is 38.0 Å². The van der Waals surface area contributed by atoms with E-state index < -0.39 is 24.1 Å². The molecule has 0 saturated carbocycles. The molecule has 0 unspecified atom stereocenters. The van der Waals surface area contributed by atoms with Crippen LogP contribution in [0.15, 0.2) is 66.7 Å². The number of aryl methyl sites for hydroxylation is 1. The molecule has 3 aromatic carbocycles. The Balaban J connectivity index is 1.19. The molecule has 2 fully saturated rings. The zero-order chi connectivity index (χ0) is 32.9. The van der Waals surface area contributed by atoms with Gasteiger partial charge in [-0.3, -0.25) is 29.4 Å². The van der Waals surface area contributed by atoms with Crippen LogP contribution in [0.5, 0.6) is 17.2 Å². The summed E-state index contributed by atoms with van der Waals surface area (Å²) < 4.78 is 17.6. The Kier molecular flexibility index (Phi) is 9.23. The number of carbonyl (C=O) groups excluding carboxylic acids is 5. The fraction of sp³-hybridized carbons (Fsp3) is 0.324. The summed E-state index contributed by atoms with van der Waals surface area (Å²) >= 11 is 0. The van der Waals surface area contributed by atoms with Crippen LogP contribution in [0.3, 0.4) is 0 Å². The summed E-state index contributed by atoms with van der Waals surface area (Å²) in [7, 11) is 1.51. The average Bonchev–Trinajstić information content (AvgIpc) is 3.43. The number of ether oxygens (including phenoxy) is 3. The van der Waals surface area contributed by atoms with Crippen LogP contribution in [0.4, 0.5) is 10.5 Å². The number of likely N-dealkylation sites (tertiary alicyclic amines) is 1. The number of imide groups is 1. The van der Waals surface area contributed by atoms with Crippen LogP contribution >= 0.6 is 0 Å². The second-order valence-electron chi connectivity index (χ2n) is 11.6. The molecule has 4 bridgehead atoms. The Hall–Kier alpha value is -5.59. The van der Waals surface area contributed by atoms with E-state index in [1.807, 2.05) is 30.3 Å². The molecule has 6 aliphatic rings. The standard InChI is InChI=1S/C34H35N5O8/c1-45-29-16-21-4-12-28(29)46-20-32(42)36-26-18-38(33(43)23-6-8-24(9-7-23)39-19-31(41)37-34(39)44)15-14-27(26)47-25-10-2-22(3-11-25)17-35-30(40)13-5-21/h2-4,6-12,16,26-27H,5,13-15,17-20H2,1H3,(H,35,40)(H,36,42)(H,37,41,44)/t26-,27-/m1/s1. The Labute approximate surface area is 271 Å². The minimum absolute atomic E-state index is 0.0775. The van der Waals surface area contributed by atoms with Crippen molar-refractivity contribution in [1.82, 2.24) is 20.9 Å². The molecule has 2 atom stereocenters. The second-order valence-corrected chi connectivity index (χ2v) is 11.6. The fourth-order valence-electron chi connectivity index (χ4n) is 5.80. The highest BCUT2D eigenvalue weighted by Gasteiger charge is 2.35. The van der Waals surface area contributed by atoms with Gasteiger partial charge in [-0.15, -0.1) is 0 Å². The van der Waals surface area contributed by atoms with Gasteiger partial charge in [0.05, 0.1) is 13.2 Å². The quantitative estimate of drug-likeness (QED) is 0.368. The van der Waals surface area contributed by atoms with E-state index in [0.717, 1.165) is 11.1 Å². The van der Waals surface area contributed by atoms with Gasteiger partial charge in [0.2, 0.25) is 11.8 Å². The molecule has 6 aliphatic heterocycles. The lowest BCUT2D eigenvalue weighted by atomic mass is 10.0. The number of rotatable bonds is 3. The first-order valence-electron chi connectivity index (χ1n) is 15.4. The lowest BCUT2D eigenvalue weighted by molar-refractivity contribution is -0.125. The number of benzene rings is 3. The number of urea groups is 1. The topological polar surface area (TPSA) is 156 Å². The average molecular weight is 642 g/mol. The molecular formula is C34H35N5O8. The minimum Gasteiger partial charge on any atom is -0.493 e. The highest BCUT2D eigenvalue weighted by molar-refractivity contribution is 6.12. The predicted molar refractivity (Wildman–Crippen MR) is 169 cm³/mol. The summed E-state index contributed by atoms with van der Waals surface area (Å²) in [5, 5.41) is 8.18. The largest absolute Gasteiger partial charge is 0.493 e. The van der Waals surface area contributed by atoms with Gasteiger partial charge in [0.1, 0.15) is 18.4 Å². The van der Waals surface area contributed by atoms with E-state index in [1.165, 1.54) is 12.0 Å². The molecule has 9 rings (SSSR count). The molecule has 0 aliphatic carbocycles. The third-order valence-electron chi connectivity index (χ3n) is 8.33. The molecule has 6 amide bonds. The maximum absolute atomic E-state index is 13.6. The van der Waals surface area contributed by atoms with Crippen LogP contribution in [0, 0.1) is 0 Å². The highest BCUT2D eigenvalue weighted by atomic mass is 16.5. The number of anilines is 1. The molecule has 0 spiro atoms. The third-order valence-corrected chi connectivity index (χ3v) is 8.33. The molecule has 6 heterocycles. The van der Waals surface area contributed by atoms with E-state index in [4.69, 9.17) is 14.2 Å². The number of hydrogen-bond donors (Lipinski definition) is 3. The number of hydrogen-bond acceptors (Lipinski definition) is 8. The maximum Gasteiger partial charge on any atom is 0.329 e. The highest BCUT2D eigenvalue weighted by Crippen LogP contribution is 2.29. The van der Waals surface area contributed by atoms with Crippen molar-refractivity contribution in [3.63, 3.8) is 0 Å². The van der Waals surface area contributed by atoms with Gasteiger partial charge in [-0.25, -0.2) is 4.79 Å². The van der Waals surface area contributed by atoms with E-state index in [2.05, 4.69) is 16.0 Å². The van der Waals surface area contributed by atoms with Crippen molar-refractivity contribution in [3.8, 4) is 17.2 Å². The Bertz CT molecular complexity index is 1680. The predicted octanol–water partition coefficient (Wildman–Crippen LogP) is 2.17. The van der Waals surface area contributed by atoms with Gasteiger partial charge in [0, 0.05) is 43.7 Å². The van der Waals surface area contributed by atoms with Crippen LogP contribution in [0.2, 0.25) is 0 Å². The molecule has 13 heteroatoms. The molecular weight excluding hydrogens is 606 g/mol. The first kappa shape index (κ1) is 31.4. The van der Waals surface area contributed by atoms with Crippen molar-refractivity contribution < 1.29 is 38.2 Å². The van der Waals surface area contributed by atoms with Crippen LogP contribution in [-0.2, 0) is 27.3 Å². The summed E-state index contributed by atoms with van der Waals surface area (Å²) in [5.74, 6) is 0.324. The first-order chi connectivity index (χ1) is 22.7. The van der Waals surface area contributed by atoms with E-state index in [1.54, 1.807) is 41.3 Å². The Morgan fingerprint density at radius 2 is 1.66 bits per heavy atom. The summed E-state index contributed by atoms with van der Waals surface area (Å²) in [6, 6.07) is 18.1. The SMILES string of the molecule is COc1cc2ccc1OCC(=O)N[C@@H]1CN(C(=O)c3ccc(N4CC(=O)NC4=O)cc3)CC[C@H]1Oc1ccc(cc1)CNC(=O)CC2. The summed E-state index contributed by atoms with van der Waals surface area (Å²) in [6.45, 7) is 0.561. The Morgan fingerprint density at radius 1 is 0.894 bits per heavy atom. The number of nitrogens with zero attached hydrogens (tertiary/aromatic N) is 2. The second kappa shape index (κ2) is 13.8. The normalized spacial score (nSPS) is 20.4. The van der Waals surface area contributed by atoms with Crippen molar-refractivity contribution in [1.29, 1.82) is 0 Å². The zero-order valence-electron chi connectivity index (χ0n) is 25.8. The zero-order valence-corrected chi connectivity index (χ0v) is 25.8. The third kappa shape index (κ3) is 7.46. The van der Waals surface area contributed by atoms with Crippen LogP contribution in [-0.4, -0.2) is 80.1 Å².